The van der Waals surface area contributed by atoms with E-state index in [9.17, 15) is 0 Å². The number of nitrogens with one attached hydrogen (secondary N) is 1. The molecule has 0 saturated carbocycles. The Hall–Kier alpha value is -0.860. The van der Waals surface area contributed by atoms with E-state index in [0.717, 1.165) is 19.6 Å². The van der Waals surface area contributed by atoms with E-state index < -0.39 is 0 Å². The molecular formula is C17H27NO. The van der Waals surface area contributed by atoms with E-state index in [-0.39, 0.29) is 0 Å². The number of hydrogen-bond acceptors (Lipinski definition) is 2. The second-order valence-corrected chi connectivity index (χ2v) is 5.56. The first-order chi connectivity index (χ1) is 9.26. The molecule has 3 unspecified atom stereocenters. The van der Waals surface area contributed by atoms with Crippen LogP contribution in [0.5, 0.6) is 0 Å². The molecule has 2 nitrogen and oxygen atoms in total. The van der Waals surface area contributed by atoms with E-state index >= 15 is 0 Å². The van der Waals surface area contributed by atoms with Gasteiger partial charge in [0.2, 0.25) is 0 Å². The maximum Gasteiger partial charge on any atom is 0.0594 e. The summed E-state index contributed by atoms with van der Waals surface area (Å²) in [7, 11) is 0. The van der Waals surface area contributed by atoms with E-state index in [1.807, 2.05) is 0 Å². The molecule has 0 radical (unpaired) electrons. The molecule has 0 spiro atoms. The lowest BCUT2D eigenvalue weighted by Gasteiger charge is -2.27. The van der Waals surface area contributed by atoms with Crippen LogP contribution in [0.2, 0.25) is 0 Å². The number of benzene rings is 1. The Kier molecular flexibility index (Phi) is 5.41. The highest BCUT2D eigenvalue weighted by Gasteiger charge is 2.32. The van der Waals surface area contributed by atoms with Gasteiger partial charge in [-0.25, -0.2) is 0 Å². The van der Waals surface area contributed by atoms with Crippen LogP contribution in [-0.4, -0.2) is 19.3 Å². The average Bonchev–Trinajstić information content (AvgIpc) is 2.84. The second-order valence-electron chi connectivity index (χ2n) is 5.56. The van der Waals surface area contributed by atoms with Gasteiger partial charge in [0.25, 0.3) is 0 Å². The van der Waals surface area contributed by atoms with Crippen LogP contribution in [0.1, 0.15) is 50.8 Å². The fraction of sp³-hybridized carbons (Fsp3) is 0.647. The number of ether oxygens (including phenoxy) is 1. The molecule has 0 aromatic heterocycles. The molecule has 2 heteroatoms. The van der Waals surface area contributed by atoms with Crippen LogP contribution < -0.4 is 5.32 Å². The molecule has 1 saturated heterocycles. The maximum absolute atomic E-state index is 5.74. The molecule has 106 valence electrons. The van der Waals surface area contributed by atoms with Crippen molar-refractivity contribution in [3.63, 3.8) is 0 Å². The fourth-order valence-corrected chi connectivity index (χ4v) is 3.10. The Balaban J connectivity index is 2.13. The van der Waals surface area contributed by atoms with Gasteiger partial charge in [-0.05, 0) is 37.4 Å². The van der Waals surface area contributed by atoms with Crippen molar-refractivity contribution in [2.45, 2.75) is 52.2 Å². The van der Waals surface area contributed by atoms with Gasteiger partial charge in [-0.1, -0.05) is 44.5 Å². The van der Waals surface area contributed by atoms with Crippen molar-refractivity contribution in [2.75, 3.05) is 13.2 Å². The van der Waals surface area contributed by atoms with E-state index in [0.29, 0.717) is 18.1 Å². The molecule has 0 aliphatic carbocycles. The van der Waals surface area contributed by atoms with E-state index in [4.69, 9.17) is 4.74 Å². The van der Waals surface area contributed by atoms with Crippen molar-refractivity contribution in [2.24, 2.45) is 5.92 Å². The molecule has 2 rings (SSSR count). The summed E-state index contributed by atoms with van der Waals surface area (Å²) in [4.78, 5) is 0. The molecule has 0 amide bonds. The molecule has 1 N–H and O–H groups in total. The van der Waals surface area contributed by atoms with Crippen molar-refractivity contribution < 1.29 is 4.74 Å². The molecule has 1 aliphatic rings. The van der Waals surface area contributed by atoms with Gasteiger partial charge in [0.1, 0.15) is 0 Å². The third-order valence-corrected chi connectivity index (χ3v) is 4.16. The molecule has 19 heavy (non-hydrogen) atoms. The second kappa shape index (κ2) is 7.06. The molecule has 1 aromatic rings. The molecule has 3 atom stereocenters. The van der Waals surface area contributed by atoms with Crippen molar-refractivity contribution in [1.82, 2.24) is 5.32 Å². The highest BCUT2D eigenvalue weighted by Crippen LogP contribution is 2.33. The largest absolute Gasteiger partial charge is 0.378 e. The van der Waals surface area contributed by atoms with Crippen molar-refractivity contribution in [3.8, 4) is 0 Å². The summed E-state index contributed by atoms with van der Waals surface area (Å²) in [6.07, 6.45) is 3.91. The summed E-state index contributed by atoms with van der Waals surface area (Å²) in [5, 5.41) is 3.64. The Bertz CT molecular complexity index is 373. The number of hydrogen-bond donors (Lipinski definition) is 1. The summed E-state index contributed by atoms with van der Waals surface area (Å²) in [6, 6.07) is 9.58. The third-order valence-electron chi connectivity index (χ3n) is 4.16. The highest BCUT2D eigenvalue weighted by atomic mass is 16.5. The maximum atomic E-state index is 5.74. The molecule has 1 fully saturated rings. The summed E-state index contributed by atoms with van der Waals surface area (Å²) in [5.41, 5.74) is 2.85. The van der Waals surface area contributed by atoms with Crippen molar-refractivity contribution in [1.29, 1.82) is 0 Å². The topological polar surface area (TPSA) is 21.3 Å². The van der Waals surface area contributed by atoms with Crippen LogP contribution in [0.3, 0.4) is 0 Å². The van der Waals surface area contributed by atoms with Crippen LogP contribution in [0.15, 0.2) is 24.3 Å². The number of aryl methyl sites for hydroxylation is 1. The lowest BCUT2D eigenvalue weighted by Crippen LogP contribution is -2.31. The first kappa shape index (κ1) is 14.5. The minimum atomic E-state index is 0.361. The van der Waals surface area contributed by atoms with Crippen LogP contribution >= 0.6 is 0 Å². The average molecular weight is 261 g/mol. The Morgan fingerprint density at radius 2 is 2.00 bits per heavy atom. The molecule has 1 heterocycles. The van der Waals surface area contributed by atoms with Crippen LogP contribution in [0, 0.1) is 5.92 Å². The fourth-order valence-electron chi connectivity index (χ4n) is 3.10. The normalized spacial score (nSPS) is 24.6. The summed E-state index contributed by atoms with van der Waals surface area (Å²) in [5.74, 6) is 0.594. The molecule has 0 bridgehead atoms. The Morgan fingerprint density at radius 1 is 1.26 bits per heavy atom. The monoisotopic (exact) mass is 261 g/mol. The lowest BCUT2D eigenvalue weighted by atomic mass is 9.87. The van der Waals surface area contributed by atoms with Gasteiger partial charge >= 0.3 is 0 Å². The van der Waals surface area contributed by atoms with E-state index in [2.05, 4.69) is 50.4 Å². The zero-order valence-electron chi connectivity index (χ0n) is 12.5. The lowest BCUT2D eigenvalue weighted by molar-refractivity contribution is 0.0956. The summed E-state index contributed by atoms with van der Waals surface area (Å²) < 4.78 is 5.74. The van der Waals surface area contributed by atoms with Crippen LogP contribution in [-0.2, 0) is 11.2 Å². The highest BCUT2D eigenvalue weighted by molar-refractivity contribution is 5.26. The van der Waals surface area contributed by atoms with Gasteiger partial charge in [0.15, 0.2) is 0 Å². The molecule has 1 aromatic carbocycles. The van der Waals surface area contributed by atoms with E-state index in [1.54, 1.807) is 0 Å². The quantitative estimate of drug-likeness (QED) is 0.843. The zero-order valence-corrected chi connectivity index (χ0v) is 12.5. The van der Waals surface area contributed by atoms with Gasteiger partial charge in [-0.2, -0.15) is 0 Å². The van der Waals surface area contributed by atoms with Crippen LogP contribution in [0.25, 0.3) is 0 Å². The van der Waals surface area contributed by atoms with Gasteiger partial charge in [0.05, 0.1) is 6.10 Å². The minimum absolute atomic E-state index is 0.361. The van der Waals surface area contributed by atoms with Gasteiger partial charge in [0, 0.05) is 18.6 Å². The van der Waals surface area contributed by atoms with Gasteiger partial charge < -0.3 is 10.1 Å². The van der Waals surface area contributed by atoms with Crippen molar-refractivity contribution >= 4 is 0 Å². The number of rotatable bonds is 6. The standard InChI is InChI=1S/C17H27NO/c1-4-6-14-7-9-15(10-8-14)17(18-5-2)16-11-12-19-13(16)3/h7-10,13,16-18H,4-6,11-12H2,1-3H3. The third kappa shape index (κ3) is 3.58. The van der Waals surface area contributed by atoms with Gasteiger partial charge in [-0.3, -0.25) is 0 Å². The zero-order chi connectivity index (χ0) is 13.7. The predicted octanol–water partition coefficient (Wildman–Crippen LogP) is 3.71. The predicted molar refractivity (Wildman–Crippen MR) is 80.4 cm³/mol. The summed E-state index contributed by atoms with van der Waals surface area (Å²) >= 11 is 0. The first-order valence-electron chi connectivity index (χ1n) is 7.70. The SMILES string of the molecule is CCCc1ccc(C(NCC)C2CCOC2C)cc1. The minimum Gasteiger partial charge on any atom is -0.378 e. The van der Waals surface area contributed by atoms with Crippen LogP contribution in [0.4, 0.5) is 0 Å². The summed E-state index contributed by atoms with van der Waals surface area (Å²) in [6.45, 7) is 8.52. The molecule has 1 aliphatic heterocycles. The smallest absolute Gasteiger partial charge is 0.0594 e. The molecular weight excluding hydrogens is 234 g/mol. The Morgan fingerprint density at radius 3 is 2.53 bits per heavy atom. The van der Waals surface area contributed by atoms with Gasteiger partial charge in [-0.15, -0.1) is 0 Å². The van der Waals surface area contributed by atoms with E-state index in [1.165, 1.54) is 24.0 Å². The first-order valence-corrected chi connectivity index (χ1v) is 7.70. The van der Waals surface area contributed by atoms with Crippen molar-refractivity contribution in [3.05, 3.63) is 35.4 Å². The Labute approximate surface area is 117 Å².